The molecular weight excluding hydrogens is 512 g/mol. The fourth-order valence-corrected chi connectivity index (χ4v) is 5.96. The summed E-state index contributed by atoms with van der Waals surface area (Å²) in [7, 11) is 0. The zero-order chi connectivity index (χ0) is 27.9. The van der Waals surface area contributed by atoms with E-state index in [-0.39, 0.29) is 0 Å². The van der Waals surface area contributed by atoms with Gasteiger partial charge in [0.05, 0.1) is 11.9 Å². The number of benzene rings is 6. The summed E-state index contributed by atoms with van der Waals surface area (Å²) in [5, 5.41) is 4.31. The Kier molecular flexibility index (Phi) is 5.79. The number of hydrogen-bond donors (Lipinski definition) is 0. The van der Waals surface area contributed by atoms with Crippen molar-refractivity contribution in [1.82, 2.24) is 4.98 Å². The van der Waals surface area contributed by atoms with Crippen LogP contribution in [-0.4, -0.2) is 4.98 Å². The maximum absolute atomic E-state index is 6.80. The zero-order valence-corrected chi connectivity index (χ0v) is 22.8. The van der Waals surface area contributed by atoms with E-state index in [2.05, 4.69) is 144 Å². The number of nitrogens with zero attached hydrogens (tertiary/aromatic N) is 2. The molecule has 0 amide bonds. The van der Waals surface area contributed by atoms with Crippen LogP contribution in [-0.2, 0) is 0 Å². The van der Waals surface area contributed by atoms with Crippen molar-refractivity contribution in [2.45, 2.75) is 0 Å². The number of pyridine rings is 1. The molecule has 0 N–H and O–H groups in total. The Bertz CT molecular complexity index is 2200. The molecule has 0 aliphatic carbocycles. The first kappa shape index (κ1) is 24.2. The van der Waals surface area contributed by atoms with Gasteiger partial charge < -0.3 is 9.32 Å². The summed E-state index contributed by atoms with van der Waals surface area (Å²) in [5.41, 5.74) is 9.24. The first-order valence-electron chi connectivity index (χ1n) is 14.1. The van der Waals surface area contributed by atoms with Crippen LogP contribution in [0.25, 0.3) is 55.0 Å². The summed E-state index contributed by atoms with van der Waals surface area (Å²) in [6.07, 6.45) is 3.84. The smallest absolute Gasteiger partial charge is 0.162 e. The van der Waals surface area contributed by atoms with Crippen LogP contribution in [0.3, 0.4) is 0 Å². The normalized spacial score (nSPS) is 11.3. The van der Waals surface area contributed by atoms with Gasteiger partial charge in [-0.15, -0.1) is 0 Å². The Labute approximate surface area is 243 Å². The first-order chi connectivity index (χ1) is 20.8. The molecule has 0 saturated heterocycles. The predicted octanol–water partition coefficient (Wildman–Crippen LogP) is 10.9. The lowest BCUT2D eigenvalue weighted by Gasteiger charge is -2.28. The zero-order valence-electron chi connectivity index (χ0n) is 22.8. The third-order valence-electron chi connectivity index (χ3n) is 7.93. The third kappa shape index (κ3) is 4.03. The van der Waals surface area contributed by atoms with Crippen molar-refractivity contribution in [3.8, 4) is 22.3 Å². The summed E-state index contributed by atoms with van der Waals surface area (Å²) >= 11 is 0. The minimum Gasteiger partial charge on any atom is -0.453 e. The third-order valence-corrected chi connectivity index (χ3v) is 7.93. The lowest BCUT2D eigenvalue weighted by molar-refractivity contribution is 0.672. The summed E-state index contributed by atoms with van der Waals surface area (Å²) in [6, 6.07) is 50.9. The Hall–Kier alpha value is -5.67. The van der Waals surface area contributed by atoms with E-state index >= 15 is 0 Å². The number of fused-ring (bicyclic) bond motifs is 5. The summed E-state index contributed by atoms with van der Waals surface area (Å²) in [6.45, 7) is 0. The Morgan fingerprint density at radius 3 is 2.02 bits per heavy atom. The standard InChI is InChI=1S/C39H26N2O/c1-3-12-27(13-4-1)30-17-11-18-31(24-30)41(36-21-10-9-19-32(36)28-14-5-2-6-15-28)37-26-40-25-35-34-23-22-29-16-7-8-20-33(29)38(34)42-39(35)37/h1-26H. The molecule has 6 aromatic carbocycles. The molecule has 0 saturated carbocycles. The molecule has 198 valence electrons. The predicted molar refractivity (Wildman–Crippen MR) is 175 cm³/mol. The van der Waals surface area contributed by atoms with Crippen LogP contribution in [0.2, 0.25) is 0 Å². The van der Waals surface area contributed by atoms with E-state index in [1.54, 1.807) is 0 Å². The van der Waals surface area contributed by atoms with Crippen molar-refractivity contribution >= 4 is 49.8 Å². The van der Waals surface area contributed by atoms with Gasteiger partial charge in [0.25, 0.3) is 0 Å². The van der Waals surface area contributed by atoms with Crippen LogP contribution in [0.4, 0.5) is 17.1 Å². The van der Waals surface area contributed by atoms with Crippen molar-refractivity contribution < 1.29 is 4.42 Å². The number of aromatic nitrogens is 1. The molecule has 3 nitrogen and oxygen atoms in total. The summed E-state index contributed by atoms with van der Waals surface area (Å²) < 4.78 is 6.80. The largest absolute Gasteiger partial charge is 0.453 e. The highest BCUT2D eigenvalue weighted by molar-refractivity contribution is 6.17. The molecular formula is C39H26N2O. The maximum Gasteiger partial charge on any atom is 0.162 e. The second kappa shape index (κ2) is 10.1. The number of furan rings is 1. The summed E-state index contributed by atoms with van der Waals surface area (Å²) in [5.74, 6) is 0. The monoisotopic (exact) mass is 538 g/mol. The van der Waals surface area contributed by atoms with Crippen molar-refractivity contribution in [2.24, 2.45) is 0 Å². The van der Waals surface area contributed by atoms with Crippen LogP contribution in [0.1, 0.15) is 0 Å². The van der Waals surface area contributed by atoms with E-state index < -0.39 is 0 Å². The van der Waals surface area contributed by atoms with Crippen molar-refractivity contribution in [1.29, 1.82) is 0 Å². The molecule has 2 aromatic heterocycles. The highest BCUT2D eigenvalue weighted by atomic mass is 16.3. The van der Waals surface area contributed by atoms with E-state index in [1.165, 1.54) is 5.56 Å². The van der Waals surface area contributed by atoms with Gasteiger partial charge in [0.15, 0.2) is 5.58 Å². The molecule has 0 aliphatic rings. The van der Waals surface area contributed by atoms with E-state index in [0.717, 1.165) is 66.5 Å². The molecule has 2 heterocycles. The molecule has 0 fully saturated rings. The van der Waals surface area contributed by atoms with Gasteiger partial charge in [-0.3, -0.25) is 4.98 Å². The highest BCUT2D eigenvalue weighted by Gasteiger charge is 2.23. The molecule has 0 spiro atoms. The van der Waals surface area contributed by atoms with Crippen LogP contribution >= 0.6 is 0 Å². The van der Waals surface area contributed by atoms with Gasteiger partial charge in [0.1, 0.15) is 11.3 Å². The Morgan fingerprint density at radius 1 is 0.452 bits per heavy atom. The molecule has 0 unspecified atom stereocenters. The van der Waals surface area contributed by atoms with E-state index in [0.29, 0.717) is 0 Å². The average molecular weight is 539 g/mol. The maximum atomic E-state index is 6.80. The summed E-state index contributed by atoms with van der Waals surface area (Å²) in [4.78, 5) is 7.05. The topological polar surface area (TPSA) is 29.3 Å². The van der Waals surface area contributed by atoms with E-state index in [4.69, 9.17) is 9.40 Å². The molecule has 0 bridgehead atoms. The lowest BCUT2D eigenvalue weighted by atomic mass is 10.0. The van der Waals surface area contributed by atoms with Gasteiger partial charge in [-0.05, 0) is 46.3 Å². The minimum atomic E-state index is 0.810. The van der Waals surface area contributed by atoms with Gasteiger partial charge in [0.2, 0.25) is 0 Å². The van der Waals surface area contributed by atoms with Crippen LogP contribution in [0.5, 0.6) is 0 Å². The van der Waals surface area contributed by atoms with Gasteiger partial charge in [-0.1, -0.05) is 121 Å². The van der Waals surface area contributed by atoms with Crippen molar-refractivity contribution in [3.05, 3.63) is 158 Å². The van der Waals surface area contributed by atoms with Crippen LogP contribution in [0, 0.1) is 0 Å². The van der Waals surface area contributed by atoms with E-state index in [9.17, 15) is 0 Å². The Morgan fingerprint density at radius 2 is 1.17 bits per heavy atom. The number of rotatable bonds is 5. The molecule has 0 radical (unpaired) electrons. The quantitative estimate of drug-likeness (QED) is 0.218. The number of anilines is 3. The fourth-order valence-electron chi connectivity index (χ4n) is 5.96. The molecule has 0 atom stereocenters. The second-order valence-electron chi connectivity index (χ2n) is 10.4. The lowest BCUT2D eigenvalue weighted by Crippen LogP contribution is -2.12. The minimum absolute atomic E-state index is 0.810. The van der Waals surface area contributed by atoms with Gasteiger partial charge in [-0.25, -0.2) is 0 Å². The van der Waals surface area contributed by atoms with Crippen molar-refractivity contribution in [2.75, 3.05) is 4.90 Å². The molecule has 3 heteroatoms. The van der Waals surface area contributed by atoms with Gasteiger partial charge in [-0.2, -0.15) is 0 Å². The molecule has 42 heavy (non-hydrogen) atoms. The SMILES string of the molecule is c1ccc(-c2cccc(N(c3ccccc3-c3ccccc3)c3cncc4c3oc3c5ccccc5ccc43)c2)cc1. The number of hydrogen-bond acceptors (Lipinski definition) is 3. The van der Waals surface area contributed by atoms with Gasteiger partial charge in [0, 0.05) is 33.6 Å². The highest BCUT2D eigenvalue weighted by Crippen LogP contribution is 2.46. The molecule has 0 aliphatic heterocycles. The van der Waals surface area contributed by atoms with Crippen LogP contribution < -0.4 is 4.90 Å². The van der Waals surface area contributed by atoms with Crippen LogP contribution in [0.15, 0.2) is 162 Å². The van der Waals surface area contributed by atoms with E-state index in [1.807, 2.05) is 18.5 Å². The molecule has 8 aromatic rings. The second-order valence-corrected chi connectivity index (χ2v) is 10.4. The average Bonchev–Trinajstić information content (AvgIpc) is 3.46. The van der Waals surface area contributed by atoms with Gasteiger partial charge >= 0.3 is 0 Å². The fraction of sp³-hybridized carbons (Fsp3) is 0. The van der Waals surface area contributed by atoms with Crippen molar-refractivity contribution in [3.63, 3.8) is 0 Å². The Balaban J connectivity index is 1.43. The first-order valence-corrected chi connectivity index (χ1v) is 14.1. The number of para-hydroxylation sites is 1. The molecule has 8 rings (SSSR count).